The van der Waals surface area contributed by atoms with E-state index in [2.05, 4.69) is 21.8 Å². The number of aryl methyl sites for hydroxylation is 2. The maximum Gasteiger partial charge on any atom is 0.132 e. The lowest BCUT2D eigenvalue weighted by atomic mass is 10.3. The summed E-state index contributed by atoms with van der Waals surface area (Å²) in [6.07, 6.45) is 1.90. The highest BCUT2D eigenvalue weighted by molar-refractivity contribution is 6.20. The topological polar surface area (TPSA) is 29.0 Å². The highest BCUT2D eigenvalue weighted by Gasteiger charge is 2.07. The van der Waals surface area contributed by atoms with Crippen molar-refractivity contribution in [3.05, 3.63) is 17.6 Å². The molecule has 0 aromatic carbocycles. The molecule has 0 aliphatic carbocycles. The van der Waals surface area contributed by atoms with E-state index in [1.807, 2.05) is 27.0 Å². The molecule has 0 spiro atoms. The second kappa shape index (κ2) is 6.04. The van der Waals surface area contributed by atoms with Gasteiger partial charge in [0, 0.05) is 30.7 Å². The number of alkyl halides is 1. The molecule has 16 heavy (non-hydrogen) atoms. The number of hydrogen-bond donors (Lipinski definition) is 0. The van der Waals surface area contributed by atoms with E-state index in [0.29, 0.717) is 0 Å². The van der Waals surface area contributed by atoms with Crippen molar-refractivity contribution in [2.75, 3.05) is 18.5 Å². The largest absolute Gasteiger partial charge is 0.360 e. The lowest BCUT2D eigenvalue weighted by Crippen LogP contribution is -2.22. The van der Waals surface area contributed by atoms with E-state index in [-0.39, 0.29) is 5.38 Å². The van der Waals surface area contributed by atoms with Crippen LogP contribution in [0.2, 0.25) is 0 Å². The van der Waals surface area contributed by atoms with Crippen LogP contribution >= 0.6 is 11.6 Å². The maximum atomic E-state index is 5.94. The van der Waals surface area contributed by atoms with Gasteiger partial charge in [0.2, 0.25) is 0 Å². The smallest absolute Gasteiger partial charge is 0.132 e. The lowest BCUT2D eigenvalue weighted by molar-refractivity contribution is 0.759. The molecule has 3 nitrogen and oxygen atoms in total. The molecular formula is C12H20ClN3. The van der Waals surface area contributed by atoms with Gasteiger partial charge < -0.3 is 4.90 Å². The summed E-state index contributed by atoms with van der Waals surface area (Å²) in [4.78, 5) is 10.9. The molecule has 0 aliphatic rings. The normalized spacial score (nSPS) is 12.6. The minimum absolute atomic E-state index is 0.205. The average molecular weight is 242 g/mol. The van der Waals surface area contributed by atoms with Crippen LogP contribution in [0, 0.1) is 6.92 Å². The quantitative estimate of drug-likeness (QED) is 0.743. The van der Waals surface area contributed by atoms with Gasteiger partial charge in [0.25, 0.3) is 0 Å². The van der Waals surface area contributed by atoms with Crippen LogP contribution in [0.4, 0.5) is 5.82 Å². The Kier molecular flexibility index (Phi) is 5.00. The van der Waals surface area contributed by atoms with Crippen molar-refractivity contribution in [1.82, 2.24) is 9.97 Å². The van der Waals surface area contributed by atoms with Crippen molar-refractivity contribution in [2.24, 2.45) is 0 Å². The Balaban J connectivity index is 2.74. The van der Waals surface area contributed by atoms with Gasteiger partial charge in [-0.15, -0.1) is 11.6 Å². The molecule has 1 aromatic rings. The summed E-state index contributed by atoms with van der Waals surface area (Å²) in [5.41, 5.74) is 1.09. The number of aromatic nitrogens is 2. The summed E-state index contributed by atoms with van der Waals surface area (Å²) < 4.78 is 0. The molecule has 1 aromatic heterocycles. The van der Waals surface area contributed by atoms with Crippen LogP contribution in [0.1, 0.15) is 31.8 Å². The van der Waals surface area contributed by atoms with E-state index in [9.17, 15) is 0 Å². The molecule has 0 bridgehead atoms. The average Bonchev–Trinajstić information content (AvgIpc) is 2.24. The Labute approximate surface area is 103 Å². The molecule has 1 rings (SSSR count). The van der Waals surface area contributed by atoms with Gasteiger partial charge in [-0.3, -0.25) is 0 Å². The Morgan fingerprint density at radius 1 is 1.44 bits per heavy atom. The minimum Gasteiger partial charge on any atom is -0.360 e. The van der Waals surface area contributed by atoms with Gasteiger partial charge in [0.15, 0.2) is 0 Å². The van der Waals surface area contributed by atoms with Crippen molar-refractivity contribution in [1.29, 1.82) is 0 Å². The van der Waals surface area contributed by atoms with Crippen molar-refractivity contribution < 1.29 is 0 Å². The molecule has 4 heteroatoms. The standard InChI is InChI=1S/C12H20ClN3/c1-5-11-8-12(15-10(3)14-11)16(4)7-6-9(2)13/h8-9H,5-7H2,1-4H3. The van der Waals surface area contributed by atoms with Gasteiger partial charge in [-0.05, 0) is 26.7 Å². The fourth-order valence-corrected chi connectivity index (χ4v) is 1.57. The van der Waals surface area contributed by atoms with E-state index >= 15 is 0 Å². The second-order valence-electron chi connectivity index (χ2n) is 4.11. The fraction of sp³-hybridized carbons (Fsp3) is 0.667. The summed E-state index contributed by atoms with van der Waals surface area (Å²) in [5.74, 6) is 1.82. The van der Waals surface area contributed by atoms with Crippen molar-refractivity contribution in [2.45, 2.75) is 39.0 Å². The molecular weight excluding hydrogens is 222 g/mol. The van der Waals surface area contributed by atoms with Crippen LogP contribution < -0.4 is 4.90 Å². The van der Waals surface area contributed by atoms with E-state index in [1.165, 1.54) is 0 Å². The molecule has 1 unspecified atom stereocenters. The fourth-order valence-electron chi connectivity index (χ4n) is 1.47. The van der Waals surface area contributed by atoms with E-state index < -0.39 is 0 Å². The molecule has 0 N–H and O–H groups in total. The number of hydrogen-bond acceptors (Lipinski definition) is 3. The van der Waals surface area contributed by atoms with E-state index in [4.69, 9.17) is 11.6 Å². The first-order valence-electron chi connectivity index (χ1n) is 5.72. The highest BCUT2D eigenvalue weighted by atomic mass is 35.5. The molecule has 90 valence electrons. The zero-order valence-corrected chi connectivity index (χ0v) is 11.3. The molecule has 0 radical (unpaired) electrons. The number of anilines is 1. The summed E-state index contributed by atoms with van der Waals surface area (Å²) in [6, 6.07) is 2.05. The van der Waals surface area contributed by atoms with Crippen LogP contribution in [-0.2, 0) is 6.42 Å². The number of nitrogens with zero attached hydrogens (tertiary/aromatic N) is 3. The van der Waals surface area contributed by atoms with Crippen LogP contribution in [0.25, 0.3) is 0 Å². The maximum absolute atomic E-state index is 5.94. The van der Waals surface area contributed by atoms with Crippen LogP contribution in [0.3, 0.4) is 0 Å². The molecule has 0 saturated heterocycles. The molecule has 0 saturated carbocycles. The Morgan fingerprint density at radius 2 is 2.12 bits per heavy atom. The van der Waals surface area contributed by atoms with Gasteiger partial charge >= 0.3 is 0 Å². The number of rotatable bonds is 5. The van der Waals surface area contributed by atoms with Crippen molar-refractivity contribution >= 4 is 17.4 Å². The first kappa shape index (κ1) is 13.2. The highest BCUT2D eigenvalue weighted by Crippen LogP contribution is 2.13. The first-order valence-corrected chi connectivity index (χ1v) is 6.16. The van der Waals surface area contributed by atoms with E-state index in [1.54, 1.807) is 0 Å². The zero-order valence-electron chi connectivity index (χ0n) is 10.5. The van der Waals surface area contributed by atoms with Crippen molar-refractivity contribution in [3.8, 4) is 0 Å². The van der Waals surface area contributed by atoms with Gasteiger partial charge in [0.05, 0.1) is 0 Å². The SMILES string of the molecule is CCc1cc(N(C)CCC(C)Cl)nc(C)n1. The third kappa shape index (κ3) is 3.97. The molecule has 1 atom stereocenters. The third-order valence-electron chi connectivity index (χ3n) is 2.49. The third-order valence-corrected chi connectivity index (χ3v) is 2.71. The predicted molar refractivity (Wildman–Crippen MR) is 69.3 cm³/mol. The van der Waals surface area contributed by atoms with Gasteiger partial charge in [-0.2, -0.15) is 0 Å². The predicted octanol–water partition coefficient (Wildman–Crippen LogP) is 2.80. The Bertz CT molecular complexity index is 339. The van der Waals surface area contributed by atoms with Crippen LogP contribution in [0.15, 0.2) is 6.07 Å². The van der Waals surface area contributed by atoms with Gasteiger partial charge in [0.1, 0.15) is 11.6 Å². The minimum atomic E-state index is 0.205. The Morgan fingerprint density at radius 3 is 2.69 bits per heavy atom. The van der Waals surface area contributed by atoms with Gasteiger partial charge in [-0.25, -0.2) is 9.97 Å². The molecule has 0 fully saturated rings. The summed E-state index contributed by atoms with van der Waals surface area (Å²) in [6.45, 7) is 6.97. The van der Waals surface area contributed by atoms with Crippen LogP contribution in [-0.4, -0.2) is 28.9 Å². The molecule has 0 amide bonds. The van der Waals surface area contributed by atoms with E-state index in [0.717, 1.165) is 36.7 Å². The molecule has 1 heterocycles. The van der Waals surface area contributed by atoms with Gasteiger partial charge in [-0.1, -0.05) is 6.92 Å². The number of halogens is 1. The second-order valence-corrected chi connectivity index (χ2v) is 4.85. The van der Waals surface area contributed by atoms with Crippen LogP contribution in [0.5, 0.6) is 0 Å². The molecule has 0 aliphatic heterocycles. The summed E-state index contributed by atoms with van der Waals surface area (Å²) >= 11 is 5.94. The lowest BCUT2D eigenvalue weighted by Gasteiger charge is -2.19. The first-order chi connectivity index (χ1) is 7.52. The Hall–Kier alpha value is -0.830. The summed E-state index contributed by atoms with van der Waals surface area (Å²) in [7, 11) is 2.04. The summed E-state index contributed by atoms with van der Waals surface area (Å²) in [5, 5.41) is 0.205. The van der Waals surface area contributed by atoms with Crippen molar-refractivity contribution in [3.63, 3.8) is 0 Å². The zero-order chi connectivity index (χ0) is 12.1. The monoisotopic (exact) mass is 241 g/mol.